The molecule has 1 fully saturated rings. The maximum atomic E-state index is 12.5. The van der Waals surface area contributed by atoms with E-state index < -0.39 is 0 Å². The molecule has 37 heavy (non-hydrogen) atoms. The molecule has 0 bridgehead atoms. The third kappa shape index (κ3) is 6.54. The van der Waals surface area contributed by atoms with E-state index in [0.29, 0.717) is 0 Å². The number of hydrogen-bond donors (Lipinski definition) is 2. The van der Waals surface area contributed by atoms with Crippen LogP contribution in [0.2, 0.25) is 0 Å². The first kappa shape index (κ1) is 26.4. The molecule has 0 unspecified atom stereocenters. The summed E-state index contributed by atoms with van der Waals surface area (Å²) in [5.74, 6) is 0.939. The molecule has 3 aromatic rings. The first-order valence-electron chi connectivity index (χ1n) is 13.0. The van der Waals surface area contributed by atoms with Gasteiger partial charge in [-0.25, -0.2) is 4.98 Å². The second-order valence-electron chi connectivity index (χ2n) is 9.80. The third-order valence-electron chi connectivity index (χ3n) is 7.15. The van der Waals surface area contributed by atoms with E-state index in [1.54, 1.807) is 13.1 Å². The molecular formula is C30H36N4O3. The van der Waals surface area contributed by atoms with E-state index in [1.807, 2.05) is 23.1 Å². The number of likely N-dealkylation sites (tertiary alicyclic amines) is 1. The van der Waals surface area contributed by atoms with Gasteiger partial charge in [-0.05, 0) is 85.8 Å². The largest absolute Gasteiger partial charge is 0.483 e. The van der Waals surface area contributed by atoms with Crippen molar-refractivity contribution in [1.29, 1.82) is 0 Å². The zero-order valence-electron chi connectivity index (χ0n) is 21.6. The van der Waals surface area contributed by atoms with E-state index in [2.05, 4.69) is 64.6 Å². The molecular weight excluding hydrogens is 464 g/mol. The van der Waals surface area contributed by atoms with Gasteiger partial charge in [0.2, 0.25) is 5.91 Å². The SMILES string of the molecule is CC(=O)N1c2ccc(-c3ccc(CN4CCCCC4)cc3)cc2[C@H](Nc2ccccn2)C[C@@H]1C.O=CO. The summed E-state index contributed by atoms with van der Waals surface area (Å²) >= 11 is 0. The monoisotopic (exact) mass is 500 g/mol. The van der Waals surface area contributed by atoms with Crippen LogP contribution in [0.4, 0.5) is 11.5 Å². The molecule has 1 aromatic heterocycles. The van der Waals surface area contributed by atoms with Crippen molar-refractivity contribution in [1.82, 2.24) is 9.88 Å². The van der Waals surface area contributed by atoms with Crippen molar-refractivity contribution in [2.45, 2.75) is 58.2 Å². The number of fused-ring (bicyclic) bond motifs is 1. The van der Waals surface area contributed by atoms with Gasteiger partial charge in [0.1, 0.15) is 5.82 Å². The lowest BCUT2D eigenvalue weighted by Crippen LogP contribution is -2.43. The second-order valence-corrected chi connectivity index (χ2v) is 9.80. The maximum Gasteiger partial charge on any atom is 0.290 e. The molecule has 194 valence electrons. The number of carbonyl (C=O) groups excluding carboxylic acids is 1. The third-order valence-corrected chi connectivity index (χ3v) is 7.15. The Kier molecular flexibility index (Phi) is 8.90. The molecule has 0 radical (unpaired) electrons. The van der Waals surface area contributed by atoms with Crippen molar-refractivity contribution in [3.63, 3.8) is 0 Å². The van der Waals surface area contributed by atoms with Crippen molar-refractivity contribution in [2.75, 3.05) is 23.3 Å². The molecule has 2 aromatic carbocycles. The number of anilines is 2. The van der Waals surface area contributed by atoms with Gasteiger partial charge in [0.25, 0.3) is 6.47 Å². The Balaban J connectivity index is 0.00000102. The zero-order chi connectivity index (χ0) is 26.2. The molecule has 3 heterocycles. The number of rotatable bonds is 5. The fraction of sp³-hybridized carbons (Fsp3) is 0.367. The Labute approximate surface area is 219 Å². The molecule has 1 amide bonds. The predicted molar refractivity (Wildman–Crippen MR) is 148 cm³/mol. The summed E-state index contributed by atoms with van der Waals surface area (Å²) in [7, 11) is 0. The number of aromatic nitrogens is 1. The van der Waals surface area contributed by atoms with E-state index >= 15 is 0 Å². The van der Waals surface area contributed by atoms with E-state index in [1.165, 1.54) is 49.0 Å². The van der Waals surface area contributed by atoms with Gasteiger partial charge in [0.15, 0.2) is 0 Å². The van der Waals surface area contributed by atoms with Crippen molar-refractivity contribution < 1.29 is 14.7 Å². The minimum atomic E-state index is -0.250. The fourth-order valence-corrected chi connectivity index (χ4v) is 5.47. The molecule has 2 aliphatic rings. The number of piperidine rings is 1. The summed E-state index contributed by atoms with van der Waals surface area (Å²) in [6.07, 6.45) is 6.64. The normalized spacial score (nSPS) is 19.2. The number of carbonyl (C=O) groups is 2. The van der Waals surface area contributed by atoms with Crippen molar-refractivity contribution in [2.24, 2.45) is 0 Å². The Morgan fingerprint density at radius 2 is 1.76 bits per heavy atom. The average molecular weight is 501 g/mol. The number of amides is 1. The van der Waals surface area contributed by atoms with Crippen LogP contribution < -0.4 is 10.2 Å². The summed E-state index contributed by atoms with van der Waals surface area (Å²) in [5.41, 5.74) is 5.89. The Morgan fingerprint density at radius 1 is 1.05 bits per heavy atom. The van der Waals surface area contributed by atoms with E-state index in [0.717, 1.165) is 30.0 Å². The highest BCUT2D eigenvalue weighted by Crippen LogP contribution is 2.41. The molecule has 0 saturated carbocycles. The molecule has 0 spiro atoms. The Hall–Kier alpha value is -3.71. The Morgan fingerprint density at radius 3 is 2.41 bits per heavy atom. The predicted octanol–water partition coefficient (Wildman–Crippen LogP) is 5.73. The molecule has 7 nitrogen and oxygen atoms in total. The van der Waals surface area contributed by atoms with E-state index in [4.69, 9.17) is 9.90 Å². The number of benzene rings is 2. The highest BCUT2D eigenvalue weighted by atomic mass is 16.3. The number of carboxylic acid groups (broad SMARTS) is 1. The summed E-state index contributed by atoms with van der Waals surface area (Å²) in [4.78, 5) is 29.8. The van der Waals surface area contributed by atoms with Gasteiger partial charge in [-0.15, -0.1) is 0 Å². The summed E-state index contributed by atoms with van der Waals surface area (Å²) in [6, 6.07) is 21.6. The van der Waals surface area contributed by atoms with Crippen molar-refractivity contribution in [3.05, 3.63) is 78.0 Å². The van der Waals surface area contributed by atoms with Gasteiger partial charge in [-0.2, -0.15) is 0 Å². The van der Waals surface area contributed by atoms with Crippen LogP contribution >= 0.6 is 0 Å². The van der Waals surface area contributed by atoms with Crippen LogP contribution in [-0.2, 0) is 16.1 Å². The molecule has 2 N–H and O–H groups in total. The molecule has 2 atom stereocenters. The van der Waals surface area contributed by atoms with Crippen LogP contribution in [0.1, 0.15) is 56.7 Å². The van der Waals surface area contributed by atoms with Gasteiger partial charge in [-0.3, -0.25) is 14.5 Å². The van der Waals surface area contributed by atoms with Gasteiger partial charge >= 0.3 is 0 Å². The van der Waals surface area contributed by atoms with Crippen molar-refractivity contribution in [3.8, 4) is 11.1 Å². The van der Waals surface area contributed by atoms with Gasteiger partial charge in [0, 0.05) is 31.4 Å². The number of hydrogen-bond acceptors (Lipinski definition) is 5. The van der Waals surface area contributed by atoms with Gasteiger partial charge in [-0.1, -0.05) is 42.8 Å². The van der Waals surface area contributed by atoms with E-state index in [-0.39, 0.29) is 24.5 Å². The summed E-state index contributed by atoms with van der Waals surface area (Å²) in [6.45, 7) is 6.98. The number of pyridine rings is 1. The number of nitrogens with one attached hydrogen (secondary N) is 1. The molecule has 1 saturated heterocycles. The smallest absolute Gasteiger partial charge is 0.290 e. The van der Waals surface area contributed by atoms with E-state index in [9.17, 15) is 4.79 Å². The summed E-state index contributed by atoms with van der Waals surface area (Å²) in [5, 5.41) is 10.5. The summed E-state index contributed by atoms with van der Waals surface area (Å²) < 4.78 is 0. The Bertz CT molecular complexity index is 1180. The first-order valence-corrected chi connectivity index (χ1v) is 13.0. The maximum absolute atomic E-state index is 12.5. The standard InChI is InChI=1S/C29H34N4O.CH2O2/c1-21-18-27(31-29-8-4-5-15-30-29)26-19-25(13-14-28(26)33(21)22(2)34)24-11-9-23(10-12-24)20-32-16-6-3-7-17-32;2-1-3/h4-5,8-15,19,21,27H,3,6-7,16-18,20H2,1-2H3,(H,30,31);1H,(H,2,3)/t21-,27+;/m0./s1. The lowest BCUT2D eigenvalue weighted by Gasteiger charge is -2.39. The van der Waals surface area contributed by atoms with Crippen LogP contribution in [-0.4, -0.2) is 46.5 Å². The molecule has 5 rings (SSSR count). The second kappa shape index (κ2) is 12.5. The minimum Gasteiger partial charge on any atom is -0.483 e. The first-order chi connectivity index (χ1) is 18.0. The molecule has 7 heteroatoms. The van der Waals surface area contributed by atoms with Crippen LogP contribution in [0.25, 0.3) is 11.1 Å². The quantitative estimate of drug-likeness (QED) is 0.435. The highest BCUT2D eigenvalue weighted by molar-refractivity contribution is 5.94. The molecule has 0 aliphatic carbocycles. The van der Waals surface area contributed by atoms with Gasteiger partial charge < -0.3 is 15.3 Å². The lowest BCUT2D eigenvalue weighted by atomic mass is 9.89. The van der Waals surface area contributed by atoms with Crippen LogP contribution in [0, 0.1) is 0 Å². The highest BCUT2D eigenvalue weighted by Gasteiger charge is 2.32. The topological polar surface area (TPSA) is 85.8 Å². The lowest BCUT2D eigenvalue weighted by molar-refractivity contribution is -0.123. The average Bonchev–Trinajstić information content (AvgIpc) is 2.90. The fourth-order valence-electron chi connectivity index (χ4n) is 5.47. The van der Waals surface area contributed by atoms with Crippen molar-refractivity contribution >= 4 is 23.9 Å². The van der Waals surface area contributed by atoms with Crippen LogP contribution in [0.3, 0.4) is 0 Å². The van der Waals surface area contributed by atoms with Gasteiger partial charge in [0.05, 0.1) is 6.04 Å². The molecule has 2 aliphatic heterocycles. The minimum absolute atomic E-state index is 0.0832. The number of nitrogens with zero attached hydrogens (tertiary/aromatic N) is 3. The van der Waals surface area contributed by atoms with Crippen LogP contribution in [0.15, 0.2) is 66.9 Å². The van der Waals surface area contributed by atoms with Crippen LogP contribution in [0.5, 0.6) is 0 Å². The zero-order valence-corrected chi connectivity index (χ0v) is 21.6.